The first-order chi connectivity index (χ1) is 15.5. The fourth-order valence-electron chi connectivity index (χ4n) is 2.49. The summed E-state index contributed by atoms with van der Waals surface area (Å²) in [5.41, 5.74) is -17.4. The van der Waals surface area contributed by atoms with E-state index in [0.717, 1.165) is 6.92 Å². The van der Waals surface area contributed by atoms with E-state index in [4.69, 9.17) is 0 Å². The second kappa shape index (κ2) is 10.1. The molecule has 0 unspecified atom stereocenters. The van der Waals surface area contributed by atoms with Gasteiger partial charge in [0.15, 0.2) is 0 Å². The molecule has 0 atom stereocenters. The minimum Gasteiger partial charge on any atom is -0.381 e. The van der Waals surface area contributed by atoms with Gasteiger partial charge in [0, 0.05) is 12.0 Å². The lowest BCUT2D eigenvalue weighted by Gasteiger charge is -2.42. The third kappa shape index (κ3) is 6.36. The lowest BCUT2D eigenvalue weighted by molar-refractivity contribution is -0.467. The van der Waals surface area contributed by atoms with E-state index in [1.165, 1.54) is 0 Å². The van der Waals surface area contributed by atoms with Gasteiger partial charge in [-0.1, -0.05) is 6.92 Å². The average Bonchev–Trinajstić information content (AvgIpc) is 2.53. The minimum atomic E-state index is -7.36. The summed E-state index contributed by atoms with van der Waals surface area (Å²) in [6.45, 7) is -6.56. The molecule has 0 N–H and O–H groups in total. The largest absolute Gasteiger partial charge is 0.435 e. The number of hydrogen-bond donors (Lipinski definition) is 0. The zero-order valence-corrected chi connectivity index (χ0v) is 17.4. The van der Waals surface area contributed by atoms with Crippen molar-refractivity contribution in [3.8, 4) is 0 Å². The van der Waals surface area contributed by atoms with E-state index in [9.17, 15) is 79.0 Å². The standard InChI is InChI=1S/C15H14F18O3/c1-3-34-4-7(2,5-35-8(10(16,17)18,11(19,20)21)12(22,23)24)6-36-9(13(25,26)27,14(28,29)30)15(31,32)33/h3-6H2,1-2H3. The second-order valence-corrected chi connectivity index (χ2v) is 7.37. The van der Waals surface area contributed by atoms with Gasteiger partial charge in [-0.25, -0.2) is 0 Å². The van der Waals surface area contributed by atoms with Crippen LogP contribution in [0.3, 0.4) is 0 Å². The van der Waals surface area contributed by atoms with Crippen molar-refractivity contribution in [3.05, 3.63) is 0 Å². The van der Waals surface area contributed by atoms with Crippen molar-refractivity contribution in [2.75, 3.05) is 26.4 Å². The van der Waals surface area contributed by atoms with Gasteiger partial charge in [-0.05, 0) is 6.92 Å². The maximum atomic E-state index is 13.0. The van der Waals surface area contributed by atoms with E-state index in [1.807, 2.05) is 0 Å². The van der Waals surface area contributed by atoms with Gasteiger partial charge in [-0.15, -0.1) is 0 Å². The van der Waals surface area contributed by atoms with E-state index in [-0.39, 0.29) is 6.92 Å². The first-order valence-corrected chi connectivity index (χ1v) is 8.73. The van der Waals surface area contributed by atoms with E-state index >= 15 is 0 Å². The van der Waals surface area contributed by atoms with Gasteiger partial charge in [0.05, 0.1) is 19.8 Å². The zero-order chi connectivity index (χ0) is 29.4. The van der Waals surface area contributed by atoms with Crippen molar-refractivity contribution in [2.24, 2.45) is 5.41 Å². The number of rotatable bonds is 9. The van der Waals surface area contributed by atoms with Crippen LogP contribution in [0, 0.1) is 5.41 Å². The molecule has 0 saturated heterocycles. The van der Waals surface area contributed by atoms with Crippen LogP contribution in [0.5, 0.6) is 0 Å². The molecule has 218 valence electrons. The van der Waals surface area contributed by atoms with Crippen LogP contribution in [-0.2, 0) is 14.2 Å². The van der Waals surface area contributed by atoms with Crippen molar-refractivity contribution in [1.29, 1.82) is 0 Å². The van der Waals surface area contributed by atoms with Crippen LogP contribution in [0.25, 0.3) is 0 Å². The third-order valence-electron chi connectivity index (χ3n) is 4.32. The summed E-state index contributed by atoms with van der Waals surface area (Å²) >= 11 is 0. The van der Waals surface area contributed by atoms with Gasteiger partial charge in [0.1, 0.15) is 0 Å². The lowest BCUT2D eigenvalue weighted by Crippen LogP contribution is -2.69. The third-order valence-corrected chi connectivity index (χ3v) is 4.32. The Bertz CT molecular complexity index is 582. The van der Waals surface area contributed by atoms with Crippen molar-refractivity contribution in [3.63, 3.8) is 0 Å². The number of hydrogen-bond acceptors (Lipinski definition) is 3. The molecule has 0 spiro atoms. The second-order valence-electron chi connectivity index (χ2n) is 7.37. The fourth-order valence-corrected chi connectivity index (χ4v) is 2.49. The highest BCUT2D eigenvalue weighted by atomic mass is 19.4. The van der Waals surface area contributed by atoms with Crippen molar-refractivity contribution >= 4 is 0 Å². The van der Waals surface area contributed by atoms with Gasteiger partial charge < -0.3 is 14.2 Å². The molecular weight excluding hydrogens is 570 g/mol. The predicted octanol–water partition coefficient (Wildman–Crippen LogP) is 6.91. The van der Waals surface area contributed by atoms with Gasteiger partial charge in [0.2, 0.25) is 0 Å². The smallest absolute Gasteiger partial charge is 0.381 e. The van der Waals surface area contributed by atoms with Crippen LogP contribution in [0.15, 0.2) is 0 Å². The molecule has 36 heavy (non-hydrogen) atoms. The van der Waals surface area contributed by atoms with Crippen LogP contribution in [0.1, 0.15) is 13.8 Å². The quantitative estimate of drug-likeness (QED) is 0.276. The molecule has 0 heterocycles. The molecule has 0 aromatic heterocycles. The molecular formula is C15H14F18O3. The molecule has 0 aromatic rings. The van der Waals surface area contributed by atoms with Gasteiger partial charge >= 0.3 is 48.3 Å². The molecule has 3 nitrogen and oxygen atoms in total. The zero-order valence-electron chi connectivity index (χ0n) is 17.4. The fraction of sp³-hybridized carbons (Fsp3) is 1.00. The minimum absolute atomic E-state index is 0.0738. The topological polar surface area (TPSA) is 27.7 Å². The van der Waals surface area contributed by atoms with E-state index in [1.54, 1.807) is 0 Å². The van der Waals surface area contributed by atoms with E-state index in [2.05, 4.69) is 14.2 Å². The Kier molecular flexibility index (Phi) is 9.68. The van der Waals surface area contributed by atoms with Gasteiger partial charge in [0.25, 0.3) is 0 Å². The summed E-state index contributed by atoms with van der Waals surface area (Å²) in [7, 11) is 0. The molecule has 0 amide bonds. The van der Waals surface area contributed by atoms with Crippen molar-refractivity contribution in [1.82, 2.24) is 0 Å². The molecule has 0 aliphatic heterocycles. The van der Waals surface area contributed by atoms with Gasteiger partial charge in [-0.3, -0.25) is 0 Å². The molecule has 0 radical (unpaired) electrons. The average molecular weight is 584 g/mol. The lowest BCUT2D eigenvalue weighted by atomic mass is 9.91. The highest BCUT2D eigenvalue weighted by Gasteiger charge is 2.87. The van der Waals surface area contributed by atoms with Crippen LogP contribution < -0.4 is 0 Å². The van der Waals surface area contributed by atoms with Crippen molar-refractivity contribution < 1.29 is 93.2 Å². The number of ether oxygens (including phenoxy) is 3. The normalized spacial score (nSPS) is 16.0. The molecule has 0 rings (SSSR count). The molecule has 0 saturated carbocycles. The predicted molar refractivity (Wildman–Crippen MR) is 78.3 cm³/mol. The Morgan fingerprint density at radius 1 is 0.417 bits per heavy atom. The first kappa shape index (κ1) is 34.6. The Balaban J connectivity index is 6.66. The molecule has 0 bridgehead atoms. The van der Waals surface area contributed by atoms with E-state index in [0.29, 0.717) is 0 Å². The Morgan fingerprint density at radius 2 is 0.639 bits per heavy atom. The van der Waals surface area contributed by atoms with Crippen LogP contribution in [0.2, 0.25) is 0 Å². The molecule has 0 aliphatic rings. The summed E-state index contributed by atoms with van der Waals surface area (Å²) in [5, 5.41) is 0. The maximum absolute atomic E-state index is 13.0. The summed E-state index contributed by atoms with van der Waals surface area (Å²) in [6, 6.07) is 0. The van der Waals surface area contributed by atoms with Gasteiger partial charge in [-0.2, -0.15) is 79.0 Å². The Labute approximate surface area is 188 Å². The van der Waals surface area contributed by atoms with Crippen LogP contribution in [-0.4, -0.2) is 74.7 Å². The molecule has 0 aliphatic carbocycles. The Hall–Kier alpha value is -1.38. The summed E-state index contributed by atoms with van der Waals surface area (Å²) in [6.07, 6.45) is -44.1. The maximum Gasteiger partial charge on any atom is 0.435 e. The molecule has 21 heteroatoms. The SMILES string of the molecule is CCOCC(C)(COC(C(F)(F)F)(C(F)(F)F)C(F)(F)F)COC(C(F)(F)F)(C(F)(F)F)C(F)(F)F. The number of halogens is 18. The highest BCUT2D eigenvalue weighted by Crippen LogP contribution is 2.57. The summed E-state index contributed by atoms with van der Waals surface area (Å²) < 4.78 is 244. The van der Waals surface area contributed by atoms with Crippen LogP contribution >= 0.6 is 0 Å². The monoisotopic (exact) mass is 584 g/mol. The summed E-state index contributed by atoms with van der Waals surface area (Å²) in [4.78, 5) is 0. The highest BCUT2D eigenvalue weighted by molar-refractivity contribution is 5.04. The summed E-state index contributed by atoms with van der Waals surface area (Å²) in [5.74, 6) is 0. The number of alkyl halides is 18. The van der Waals surface area contributed by atoms with E-state index < -0.39 is 80.1 Å². The Morgan fingerprint density at radius 3 is 0.806 bits per heavy atom. The van der Waals surface area contributed by atoms with Crippen LogP contribution in [0.4, 0.5) is 79.0 Å². The van der Waals surface area contributed by atoms with Crippen molar-refractivity contribution in [2.45, 2.75) is 62.1 Å². The molecule has 0 fully saturated rings. The molecule has 0 aromatic carbocycles. The first-order valence-electron chi connectivity index (χ1n) is 8.73.